The van der Waals surface area contributed by atoms with E-state index in [1.54, 1.807) is 36.3 Å². The molecule has 9 heteroatoms. The lowest BCUT2D eigenvalue weighted by Crippen LogP contribution is -2.49. The van der Waals surface area contributed by atoms with Crippen LogP contribution in [0, 0.1) is 0 Å². The number of alkyl halides is 2. The molecule has 1 aromatic carbocycles. The fraction of sp³-hybridized carbons (Fsp3) is 0.353. The van der Waals surface area contributed by atoms with Crippen LogP contribution in [-0.2, 0) is 11.8 Å². The van der Waals surface area contributed by atoms with Crippen LogP contribution in [0.25, 0.3) is 0 Å². The van der Waals surface area contributed by atoms with Crippen molar-refractivity contribution in [2.45, 2.75) is 0 Å². The Kier molecular flexibility index (Phi) is 7.44. The predicted molar refractivity (Wildman–Crippen MR) is 101 cm³/mol. The van der Waals surface area contributed by atoms with E-state index in [4.69, 9.17) is 27.9 Å². The minimum absolute atomic E-state index is 0.227. The highest BCUT2D eigenvalue weighted by molar-refractivity contribution is 6.18. The van der Waals surface area contributed by atoms with E-state index >= 15 is 0 Å². The van der Waals surface area contributed by atoms with E-state index < -0.39 is 5.97 Å². The molecule has 0 spiro atoms. The van der Waals surface area contributed by atoms with Crippen LogP contribution in [0.5, 0.6) is 0 Å². The molecule has 7 nitrogen and oxygen atoms in total. The molecule has 0 aliphatic carbocycles. The number of benzene rings is 1. The van der Waals surface area contributed by atoms with E-state index in [9.17, 15) is 9.59 Å². The number of hydrogen-bond acceptors (Lipinski definition) is 5. The van der Waals surface area contributed by atoms with Gasteiger partial charge in [0.25, 0.3) is 5.91 Å². The van der Waals surface area contributed by atoms with Crippen molar-refractivity contribution in [3.05, 3.63) is 47.7 Å². The summed E-state index contributed by atoms with van der Waals surface area (Å²) in [6.45, 7) is 0.772. The molecule has 26 heavy (non-hydrogen) atoms. The number of halogens is 2. The van der Waals surface area contributed by atoms with Gasteiger partial charge in [-0.25, -0.2) is 14.8 Å². The van der Waals surface area contributed by atoms with Gasteiger partial charge >= 0.3 is 5.97 Å². The number of aryl methyl sites for hydroxylation is 1. The molecule has 0 unspecified atom stereocenters. The topological polar surface area (TPSA) is 67.7 Å². The second kappa shape index (κ2) is 9.56. The van der Waals surface area contributed by atoms with Gasteiger partial charge in [0.05, 0.1) is 7.11 Å². The predicted octanol–water partition coefficient (Wildman–Crippen LogP) is 2.55. The first-order chi connectivity index (χ1) is 12.5. The quantitative estimate of drug-likeness (QED) is 0.388. The van der Waals surface area contributed by atoms with Crippen LogP contribution in [0.4, 0.5) is 5.82 Å². The van der Waals surface area contributed by atoms with Gasteiger partial charge in [-0.05, 0) is 12.1 Å². The van der Waals surface area contributed by atoms with Crippen LogP contribution < -0.4 is 5.01 Å². The third kappa shape index (κ3) is 4.55. The molecule has 0 radical (unpaired) electrons. The highest BCUT2D eigenvalue weighted by Crippen LogP contribution is 2.20. The second-order valence-electron chi connectivity index (χ2n) is 5.32. The summed E-state index contributed by atoms with van der Waals surface area (Å²) in [6, 6.07) is 10.3. The van der Waals surface area contributed by atoms with Gasteiger partial charge in [0.15, 0.2) is 5.82 Å². The summed E-state index contributed by atoms with van der Waals surface area (Å²) >= 11 is 11.8. The normalized spacial score (nSPS) is 10.8. The first-order valence-electron chi connectivity index (χ1n) is 7.92. The van der Waals surface area contributed by atoms with Crippen LogP contribution in [0.3, 0.4) is 0 Å². The number of hydrogen-bond donors (Lipinski definition) is 0. The van der Waals surface area contributed by atoms with Crippen LogP contribution in [0.15, 0.2) is 36.4 Å². The summed E-state index contributed by atoms with van der Waals surface area (Å²) in [7, 11) is 2.89. The third-order valence-electron chi connectivity index (χ3n) is 3.66. The lowest BCUT2D eigenvalue weighted by molar-refractivity contribution is 0.0588. The van der Waals surface area contributed by atoms with Crippen molar-refractivity contribution in [2.24, 2.45) is 7.05 Å². The molecule has 0 aliphatic heterocycles. The van der Waals surface area contributed by atoms with Gasteiger partial charge < -0.3 is 4.74 Å². The molecule has 0 atom stereocenters. The number of carbonyl (C=O) groups is 2. The van der Waals surface area contributed by atoms with Crippen molar-refractivity contribution in [3.63, 3.8) is 0 Å². The van der Waals surface area contributed by atoms with Crippen LogP contribution in [0.1, 0.15) is 20.8 Å². The van der Waals surface area contributed by atoms with Crippen LogP contribution in [-0.4, -0.2) is 58.6 Å². The Morgan fingerprint density at radius 3 is 2.31 bits per heavy atom. The zero-order chi connectivity index (χ0) is 19.1. The number of aromatic nitrogens is 2. The minimum Gasteiger partial charge on any atom is -0.464 e. The van der Waals surface area contributed by atoms with Crippen LogP contribution in [0.2, 0.25) is 0 Å². The highest BCUT2D eigenvalue weighted by Gasteiger charge is 2.28. The van der Waals surface area contributed by atoms with Crippen LogP contribution >= 0.6 is 23.2 Å². The second-order valence-corrected chi connectivity index (χ2v) is 6.07. The van der Waals surface area contributed by atoms with Crippen molar-refractivity contribution in [3.8, 4) is 0 Å². The van der Waals surface area contributed by atoms with Gasteiger partial charge in [0, 0.05) is 43.5 Å². The molecule has 0 aliphatic rings. The maximum Gasteiger partial charge on any atom is 0.356 e. The highest BCUT2D eigenvalue weighted by atomic mass is 35.5. The number of anilines is 1. The Hall–Kier alpha value is -2.09. The summed E-state index contributed by atoms with van der Waals surface area (Å²) < 4.78 is 6.12. The standard InChI is InChI=1S/C17H20Cl2N4O3/c1-21-14(17(25)26-2)12-15(20-21)23(22(10-8-18)11-9-19)16(24)13-6-4-3-5-7-13/h3-7,12H,8-11H2,1-2H3. The minimum atomic E-state index is -0.542. The fourth-order valence-corrected chi connectivity index (χ4v) is 2.83. The number of esters is 1. The maximum absolute atomic E-state index is 13.1. The molecule has 0 fully saturated rings. The number of rotatable bonds is 8. The Morgan fingerprint density at radius 2 is 1.77 bits per heavy atom. The van der Waals surface area contributed by atoms with E-state index in [2.05, 4.69) is 5.10 Å². The molecule has 0 N–H and O–H groups in total. The Morgan fingerprint density at radius 1 is 1.15 bits per heavy atom. The SMILES string of the molecule is COC(=O)c1cc(N(C(=O)c2ccccc2)N(CCCl)CCCl)nn1C. The number of ether oxygens (including phenoxy) is 1. The molecule has 2 aromatic rings. The molecule has 140 valence electrons. The first kappa shape index (κ1) is 20.2. The lowest BCUT2D eigenvalue weighted by atomic mass is 10.2. The molecule has 1 heterocycles. The number of carbonyl (C=O) groups excluding carboxylic acids is 2. The van der Waals surface area contributed by atoms with Gasteiger partial charge in [0.1, 0.15) is 5.69 Å². The number of nitrogens with zero attached hydrogens (tertiary/aromatic N) is 4. The molecule has 0 bridgehead atoms. The van der Waals surface area contributed by atoms with Gasteiger partial charge in [-0.1, -0.05) is 18.2 Å². The number of methoxy groups -OCH3 is 1. The monoisotopic (exact) mass is 398 g/mol. The number of amides is 1. The molecule has 1 amide bonds. The van der Waals surface area contributed by atoms with E-state index in [0.29, 0.717) is 30.4 Å². The molecular formula is C17H20Cl2N4O3. The summed E-state index contributed by atoms with van der Waals surface area (Å²) in [5.74, 6) is 0.0464. The fourth-order valence-electron chi connectivity index (χ4n) is 2.44. The molecular weight excluding hydrogens is 379 g/mol. The summed E-state index contributed by atoms with van der Waals surface area (Å²) in [5.41, 5.74) is 0.706. The first-order valence-corrected chi connectivity index (χ1v) is 8.99. The van der Waals surface area contributed by atoms with Crippen molar-refractivity contribution in [2.75, 3.05) is 37.0 Å². The van der Waals surface area contributed by atoms with Crippen molar-refractivity contribution in [1.29, 1.82) is 0 Å². The summed E-state index contributed by atoms with van der Waals surface area (Å²) in [5, 5.41) is 7.41. The average molecular weight is 399 g/mol. The summed E-state index contributed by atoms with van der Waals surface area (Å²) in [4.78, 5) is 25.0. The third-order valence-corrected chi connectivity index (χ3v) is 4.00. The van der Waals surface area contributed by atoms with Gasteiger partial charge in [-0.2, -0.15) is 5.10 Å². The summed E-state index contributed by atoms with van der Waals surface area (Å²) in [6.07, 6.45) is 0. The van der Waals surface area contributed by atoms with Gasteiger partial charge in [-0.3, -0.25) is 9.48 Å². The zero-order valence-corrected chi connectivity index (χ0v) is 16.1. The Bertz CT molecular complexity index is 746. The van der Waals surface area contributed by atoms with Crippen molar-refractivity contribution >= 4 is 40.9 Å². The zero-order valence-electron chi connectivity index (χ0n) is 14.6. The van der Waals surface area contributed by atoms with E-state index in [0.717, 1.165) is 0 Å². The van der Waals surface area contributed by atoms with E-state index in [-0.39, 0.29) is 17.4 Å². The van der Waals surface area contributed by atoms with Crippen molar-refractivity contribution < 1.29 is 14.3 Å². The Labute approximate surface area is 162 Å². The average Bonchev–Trinajstić information content (AvgIpc) is 3.03. The van der Waals surface area contributed by atoms with Gasteiger partial charge in [-0.15, -0.1) is 23.2 Å². The lowest BCUT2D eigenvalue weighted by Gasteiger charge is -2.32. The van der Waals surface area contributed by atoms with E-state index in [1.807, 2.05) is 6.07 Å². The van der Waals surface area contributed by atoms with Gasteiger partial charge in [0.2, 0.25) is 0 Å². The molecule has 0 saturated heterocycles. The Balaban J connectivity index is 2.49. The maximum atomic E-state index is 13.1. The molecule has 1 aromatic heterocycles. The van der Waals surface area contributed by atoms with Crippen molar-refractivity contribution in [1.82, 2.24) is 14.8 Å². The van der Waals surface area contributed by atoms with E-state index in [1.165, 1.54) is 22.9 Å². The largest absolute Gasteiger partial charge is 0.464 e. The molecule has 0 saturated carbocycles. The smallest absolute Gasteiger partial charge is 0.356 e. The molecule has 2 rings (SSSR count). The number of hydrazine groups is 1.